The Hall–Kier alpha value is -0.748. The van der Waals surface area contributed by atoms with Gasteiger partial charge in [-0.1, -0.05) is 59.2 Å². The average Bonchev–Trinajstić information content (AvgIpc) is 3.03. The highest BCUT2D eigenvalue weighted by atomic mass is 35.5. The van der Waals surface area contributed by atoms with Crippen molar-refractivity contribution in [2.24, 2.45) is 0 Å². The first-order valence-corrected chi connectivity index (χ1v) is 13.5. The molecule has 1 aliphatic heterocycles. The van der Waals surface area contributed by atoms with Gasteiger partial charge in [0.05, 0.1) is 11.2 Å². The summed E-state index contributed by atoms with van der Waals surface area (Å²) in [5.74, 6) is 0. The fraction of sp³-hybridized carbons (Fsp3) is 0.652. The van der Waals surface area contributed by atoms with E-state index in [-0.39, 0.29) is 11.2 Å². The third kappa shape index (κ3) is 3.33. The number of halogens is 1. The molecule has 2 aromatic rings. The lowest BCUT2D eigenvalue weighted by atomic mass is 9.79. The summed E-state index contributed by atoms with van der Waals surface area (Å²) in [7, 11) is -2.36. The molecule has 0 spiro atoms. The number of hydrogen-bond acceptors (Lipinski definition) is 2. The molecule has 3 rings (SSSR count). The molecule has 1 fully saturated rings. The molecule has 0 unspecified atom stereocenters. The molecule has 0 saturated carbocycles. The number of rotatable bonds is 5. The third-order valence-electron chi connectivity index (χ3n) is 7.51. The van der Waals surface area contributed by atoms with Gasteiger partial charge in [0.15, 0.2) is 8.24 Å². The van der Waals surface area contributed by atoms with E-state index in [1.807, 2.05) is 6.07 Å². The van der Waals surface area contributed by atoms with Gasteiger partial charge in [-0.25, -0.2) is 0 Å². The second kappa shape index (κ2) is 7.44. The number of benzene rings is 1. The third-order valence-corrected chi connectivity index (χ3v) is 14.6. The molecule has 160 valence electrons. The summed E-state index contributed by atoms with van der Waals surface area (Å²) in [6, 6.07) is 6.26. The van der Waals surface area contributed by atoms with Crippen LogP contribution in [0.1, 0.15) is 69.2 Å². The molecule has 1 saturated heterocycles. The maximum Gasteiger partial charge on any atom is 0.497 e. The summed E-state index contributed by atoms with van der Waals surface area (Å²) >= 11 is 6.78. The van der Waals surface area contributed by atoms with E-state index in [2.05, 4.69) is 91.8 Å². The van der Waals surface area contributed by atoms with Crippen molar-refractivity contribution in [1.29, 1.82) is 0 Å². The van der Waals surface area contributed by atoms with Crippen LogP contribution in [-0.4, -0.2) is 30.8 Å². The fourth-order valence-electron chi connectivity index (χ4n) is 5.58. The first kappa shape index (κ1) is 22.9. The van der Waals surface area contributed by atoms with Crippen molar-refractivity contribution in [3.63, 3.8) is 0 Å². The Bertz CT molecular complexity index is 866. The van der Waals surface area contributed by atoms with Crippen LogP contribution in [0.15, 0.2) is 24.4 Å². The zero-order valence-corrected chi connectivity index (χ0v) is 21.5. The van der Waals surface area contributed by atoms with E-state index < -0.39 is 15.4 Å². The van der Waals surface area contributed by atoms with Gasteiger partial charge in [0.1, 0.15) is 0 Å². The first-order chi connectivity index (χ1) is 13.3. The second-order valence-corrected chi connectivity index (χ2v) is 16.7. The van der Waals surface area contributed by atoms with Gasteiger partial charge in [-0.15, -0.1) is 0 Å². The van der Waals surface area contributed by atoms with Gasteiger partial charge in [-0.05, 0) is 62.6 Å². The minimum absolute atomic E-state index is 0.379. The largest absolute Gasteiger partial charge is 0.497 e. The van der Waals surface area contributed by atoms with E-state index in [0.29, 0.717) is 16.6 Å². The summed E-state index contributed by atoms with van der Waals surface area (Å²) in [5, 5.41) is 1.84. The summed E-state index contributed by atoms with van der Waals surface area (Å²) < 4.78 is 15.5. The monoisotopic (exact) mass is 433 g/mol. The smallest absolute Gasteiger partial charge is 0.399 e. The molecule has 0 atom stereocenters. The van der Waals surface area contributed by atoms with Gasteiger partial charge in [0.25, 0.3) is 0 Å². The lowest BCUT2D eigenvalue weighted by molar-refractivity contribution is 0.00578. The van der Waals surface area contributed by atoms with Gasteiger partial charge in [-0.3, -0.25) is 0 Å². The molecule has 1 aromatic heterocycles. The molecule has 6 heteroatoms. The molecular weight excluding hydrogens is 397 g/mol. The van der Waals surface area contributed by atoms with Crippen molar-refractivity contribution in [2.45, 2.75) is 97.1 Å². The zero-order chi connectivity index (χ0) is 21.9. The van der Waals surface area contributed by atoms with Crippen molar-refractivity contribution in [2.75, 3.05) is 0 Å². The Morgan fingerprint density at radius 1 is 0.897 bits per heavy atom. The Morgan fingerprint density at radius 3 is 1.83 bits per heavy atom. The molecule has 1 aromatic carbocycles. The summed E-state index contributed by atoms with van der Waals surface area (Å²) in [5.41, 5.74) is 3.27. The van der Waals surface area contributed by atoms with Crippen LogP contribution in [-0.2, 0) is 9.31 Å². The summed E-state index contributed by atoms with van der Waals surface area (Å²) in [6.07, 6.45) is 2.31. The first-order valence-electron chi connectivity index (χ1n) is 10.9. The molecule has 0 amide bonds. The summed E-state index contributed by atoms with van der Waals surface area (Å²) in [4.78, 5) is 0. The van der Waals surface area contributed by atoms with E-state index in [1.54, 1.807) is 0 Å². The van der Waals surface area contributed by atoms with Crippen LogP contribution in [0, 0.1) is 0 Å². The van der Waals surface area contributed by atoms with Crippen molar-refractivity contribution in [3.8, 4) is 0 Å². The Kier molecular flexibility index (Phi) is 5.88. The normalized spacial score (nSPS) is 19.3. The maximum absolute atomic E-state index is 6.78. The highest BCUT2D eigenvalue weighted by Gasteiger charge is 2.53. The molecule has 29 heavy (non-hydrogen) atoms. The molecule has 0 bridgehead atoms. The van der Waals surface area contributed by atoms with Crippen LogP contribution in [0.3, 0.4) is 0 Å². The Balaban J connectivity index is 2.31. The lowest BCUT2D eigenvalue weighted by Gasteiger charge is -2.44. The summed E-state index contributed by atoms with van der Waals surface area (Å²) in [6.45, 7) is 22.7. The number of aromatic nitrogens is 1. The molecule has 0 aliphatic carbocycles. The van der Waals surface area contributed by atoms with Gasteiger partial charge >= 0.3 is 7.12 Å². The quantitative estimate of drug-likeness (QED) is 0.495. The van der Waals surface area contributed by atoms with Crippen LogP contribution in [0.5, 0.6) is 0 Å². The number of nitrogens with zero attached hydrogens (tertiary/aromatic N) is 1. The molecule has 2 heterocycles. The van der Waals surface area contributed by atoms with E-state index >= 15 is 0 Å². The predicted molar refractivity (Wildman–Crippen MR) is 129 cm³/mol. The van der Waals surface area contributed by atoms with Crippen LogP contribution < -0.4 is 5.46 Å². The zero-order valence-electron chi connectivity index (χ0n) is 19.8. The van der Waals surface area contributed by atoms with Gasteiger partial charge in [-0.2, -0.15) is 0 Å². The highest BCUT2D eigenvalue weighted by Crippen LogP contribution is 2.45. The van der Waals surface area contributed by atoms with Crippen molar-refractivity contribution < 1.29 is 9.31 Å². The van der Waals surface area contributed by atoms with Gasteiger partial charge < -0.3 is 13.5 Å². The minimum Gasteiger partial charge on any atom is -0.399 e. The van der Waals surface area contributed by atoms with E-state index in [0.717, 1.165) is 15.9 Å². The molecular formula is C23H37BClNO2Si. The Labute approximate surface area is 183 Å². The number of hydrogen-bond donors (Lipinski definition) is 0. The standard InChI is InChI=1S/C23H37BClNO2Si/c1-15(2)29(16(3)4,17(5)6)26-14-18(21-19(25)12-11-13-20(21)26)24-27-22(7,8)23(9,10)28-24/h11-17H,1-10H3. The van der Waals surface area contributed by atoms with E-state index in [4.69, 9.17) is 20.9 Å². The molecule has 1 aliphatic rings. The van der Waals surface area contributed by atoms with Crippen LogP contribution in [0.25, 0.3) is 10.9 Å². The average molecular weight is 434 g/mol. The van der Waals surface area contributed by atoms with E-state index in [1.165, 1.54) is 5.52 Å². The van der Waals surface area contributed by atoms with Crippen LogP contribution >= 0.6 is 11.6 Å². The van der Waals surface area contributed by atoms with E-state index in [9.17, 15) is 0 Å². The van der Waals surface area contributed by atoms with Crippen molar-refractivity contribution >= 4 is 43.3 Å². The maximum atomic E-state index is 6.78. The van der Waals surface area contributed by atoms with Crippen molar-refractivity contribution in [3.05, 3.63) is 29.4 Å². The van der Waals surface area contributed by atoms with Gasteiger partial charge in [0, 0.05) is 21.4 Å². The highest BCUT2D eigenvalue weighted by molar-refractivity contribution is 6.83. The fourth-order valence-corrected chi connectivity index (χ4v) is 12.5. The number of fused-ring (bicyclic) bond motifs is 1. The van der Waals surface area contributed by atoms with Gasteiger partial charge in [0.2, 0.25) is 0 Å². The SMILES string of the molecule is CC(C)[Si](C(C)C)(C(C)C)n1cc(B2OC(C)(C)C(C)(C)O2)c2c(Cl)cccc21. The van der Waals surface area contributed by atoms with Crippen LogP contribution in [0.2, 0.25) is 21.6 Å². The van der Waals surface area contributed by atoms with Crippen LogP contribution in [0.4, 0.5) is 0 Å². The molecule has 0 radical (unpaired) electrons. The van der Waals surface area contributed by atoms with Crippen molar-refractivity contribution in [1.82, 2.24) is 4.23 Å². The molecule has 3 nitrogen and oxygen atoms in total. The lowest BCUT2D eigenvalue weighted by Crippen LogP contribution is -2.52. The second-order valence-electron chi connectivity index (χ2n) is 10.5. The topological polar surface area (TPSA) is 23.4 Å². The Morgan fingerprint density at radius 2 is 1.38 bits per heavy atom. The minimum atomic E-state index is -1.95. The molecule has 0 N–H and O–H groups in total. The predicted octanol–water partition coefficient (Wildman–Crippen LogP) is 6.62.